The van der Waals surface area contributed by atoms with Crippen LogP contribution >= 0.6 is 11.6 Å². The molecule has 0 unspecified atom stereocenters. The number of nitrogens with zero attached hydrogens (tertiary/aromatic N) is 1. The molecule has 0 fully saturated rings. The second-order valence-corrected chi connectivity index (χ2v) is 3.68. The first-order valence-electron chi connectivity index (χ1n) is 4.57. The van der Waals surface area contributed by atoms with Gasteiger partial charge >= 0.3 is 0 Å². The molecule has 15 heavy (non-hydrogen) atoms. The molecule has 4 heteroatoms. The maximum atomic E-state index is 11.4. The average Bonchev–Trinajstić information content (AvgIpc) is 2.20. The van der Waals surface area contributed by atoms with Crippen LogP contribution < -0.4 is 4.90 Å². The first-order valence-corrected chi connectivity index (χ1v) is 4.94. The van der Waals surface area contributed by atoms with E-state index in [9.17, 15) is 9.59 Å². The number of rotatable bonds is 3. The van der Waals surface area contributed by atoms with Crippen LogP contribution in [0.5, 0.6) is 0 Å². The first kappa shape index (κ1) is 11.7. The Balaban J connectivity index is 3.04. The van der Waals surface area contributed by atoms with Crippen molar-refractivity contribution in [2.45, 2.75) is 19.9 Å². The minimum absolute atomic E-state index is 0.170. The molecule has 0 spiro atoms. The Morgan fingerprint density at radius 2 is 1.93 bits per heavy atom. The molecule has 0 N–H and O–H groups in total. The SMILES string of the molecule is CC(=O)N(c1ccc(Cl)cc1)[C@@H](C)C=O. The van der Waals surface area contributed by atoms with Crippen LogP contribution in [0, 0.1) is 0 Å². The topological polar surface area (TPSA) is 37.4 Å². The fourth-order valence-corrected chi connectivity index (χ4v) is 1.49. The van der Waals surface area contributed by atoms with Crippen molar-refractivity contribution >= 4 is 29.5 Å². The fourth-order valence-electron chi connectivity index (χ4n) is 1.37. The summed E-state index contributed by atoms with van der Waals surface area (Å²) in [7, 11) is 0. The fraction of sp³-hybridized carbons (Fsp3) is 0.273. The highest BCUT2D eigenvalue weighted by Gasteiger charge is 2.17. The van der Waals surface area contributed by atoms with Crippen LogP contribution in [0.15, 0.2) is 24.3 Å². The summed E-state index contributed by atoms with van der Waals surface area (Å²) in [6.45, 7) is 3.09. The average molecular weight is 226 g/mol. The molecular weight excluding hydrogens is 214 g/mol. The van der Waals surface area contributed by atoms with Gasteiger partial charge in [-0.2, -0.15) is 0 Å². The third-order valence-electron chi connectivity index (χ3n) is 2.05. The van der Waals surface area contributed by atoms with E-state index in [-0.39, 0.29) is 5.91 Å². The smallest absolute Gasteiger partial charge is 0.224 e. The van der Waals surface area contributed by atoms with Crippen molar-refractivity contribution in [2.24, 2.45) is 0 Å². The van der Waals surface area contributed by atoms with Gasteiger partial charge < -0.3 is 9.69 Å². The minimum Gasteiger partial charge on any atom is -0.303 e. The number of carbonyl (C=O) groups is 2. The molecular formula is C11H12ClNO2. The zero-order valence-electron chi connectivity index (χ0n) is 8.61. The van der Waals surface area contributed by atoms with Gasteiger partial charge in [0.2, 0.25) is 5.91 Å². The molecule has 1 aromatic carbocycles. The first-order chi connectivity index (χ1) is 7.06. The molecule has 1 rings (SSSR count). The summed E-state index contributed by atoms with van der Waals surface area (Å²) >= 11 is 5.74. The normalized spacial score (nSPS) is 11.9. The number of halogens is 1. The summed E-state index contributed by atoms with van der Waals surface area (Å²) in [4.78, 5) is 23.5. The van der Waals surface area contributed by atoms with Gasteiger partial charge in [-0.15, -0.1) is 0 Å². The molecule has 0 aliphatic carbocycles. The Hall–Kier alpha value is -1.35. The van der Waals surface area contributed by atoms with Gasteiger partial charge in [-0.1, -0.05) is 11.6 Å². The van der Waals surface area contributed by atoms with Crippen molar-refractivity contribution in [3.05, 3.63) is 29.3 Å². The molecule has 80 valence electrons. The van der Waals surface area contributed by atoms with Crippen LogP contribution in [0.3, 0.4) is 0 Å². The zero-order valence-corrected chi connectivity index (χ0v) is 9.36. The molecule has 0 aromatic heterocycles. The quantitative estimate of drug-likeness (QED) is 0.741. The van der Waals surface area contributed by atoms with E-state index in [1.807, 2.05) is 0 Å². The number of amides is 1. The lowest BCUT2D eigenvalue weighted by atomic mass is 10.2. The van der Waals surface area contributed by atoms with Crippen molar-refractivity contribution < 1.29 is 9.59 Å². The highest BCUT2D eigenvalue weighted by molar-refractivity contribution is 6.30. The van der Waals surface area contributed by atoms with E-state index in [1.54, 1.807) is 31.2 Å². The molecule has 0 radical (unpaired) electrons. The highest BCUT2D eigenvalue weighted by atomic mass is 35.5. The second kappa shape index (κ2) is 4.94. The van der Waals surface area contributed by atoms with Crippen molar-refractivity contribution in [1.82, 2.24) is 0 Å². The van der Waals surface area contributed by atoms with Crippen molar-refractivity contribution in [3.63, 3.8) is 0 Å². The molecule has 0 aliphatic heterocycles. The molecule has 3 nitrogen and oxygen atoms in total. The van der Waals surface area contributed by atoms with E-state index in [0.29, 0.717) is 10.7 Å². The lowest BCUT2D eigenvalue weighted by Gasteiger charge is -2.24. The maximum absolute atomic E-state index is 11.4. The van der Waals surface area contributed by atoms with Crippen LogP contribution in [0.1, 0.15) is 13.8 Å². The van der Waals surface area contributed by atoms with Gasteiger partial charge in [0.25, 0.3) is 0 Å². The molecule has 0 saturated heterocycles. The van der Waals surface area contributed by atoms with E-state index in [4.69, 9.17) is 11.6 Å². The van der Waals surface area contributed by atoms with Gasteiger partial charge in [-0.05, 0) is 31.2 Å². The monoisotopic (exact) mass is 225 g/mol. The predicted octanol–water partition coefficient (Wildman–Crippen LogP) is 2.28. The van der Waals surface area contributed by atoms with Gasteiger partial charge in [-0.25, -0.2) is 0 Å². The van der Waals surface area contributed by atoms with Crippen LogP contribution in [0.2, 0.25) is 5.02 Å². The van der Waals surface area contributed by atoms with Gasteiger partial charge in [0, 0.05) is 17.6 Å². The summed E-state index contributed by atoms with van der Waals surface area (Å²) < 4.78 is 0. The Morgan fingerprint density at radius 1 is 1.40 bits per heavy atom. The van der Waals surface area contributed by atoms with Crippen LogP contribution in [-0.4, -0.2) is 18.2 Å². The van der Waals surface area contributed by atoms with Crippen molar-refractivity contribution in [1.29, 1.82) is 0 Å². The molecule has 1 atom stereocenters. The Morgan fingerprint density at radius 3 is 2.33 bits per heavy atom. The van der Waals surface area contributed by atoms with Crippen LogP contribution in [0.4, 0.5) is 5.69 Å². The van der Waals surface area contributed by atoms with E-state index >= 15 is 0 Å². The summed E-state index contributed by atoms with van der Waals surface area (Å²) in [6, 6.07) is 6.33. The molecule has 1 aromatic rings. The number of hydrogen-bond donors (Lipinski definition) is 0. The number of hydrogen-bond acceptors (Lipinski definition) is 2. The van der Waals surface area contributed by atoms with Crippen LogP contribution in [0.25, 0.3) is 0 Å². The largest absolute Gasteiger partial charge is 0.303 e. The van der Waals surface area contributed by atoms with E-state index in [1.165, 1.54) is 11.8 Å². The molecule has 0 heterocycles. The number of carbonyl (C=O) groups excluding carboxylic acids is 2. The van der Waals surface area contributed by atoms with E-state index in [0.717, 1.165) is 6.29 Å². The summed E-state index contributed by atoms with van der Waals surface area (Å²) in [6.07, 6.45) is 0.732. The van der Waals surface area contributed by atoms with Crippen molar-refractivity contribution in [2.75, 3.05) is 4.90 Å². The standard InChI is InChI=1S/C11H12ClNO2/c1-8(7-14)13(9(2)15)11-5-3-10(12)4-6-11/h3-8H,1-2H3/t8-/m0/s1. The lowest BCUT2D eigenvalue weighted by Crippen LogP contribution is -2.38. The Labute approximate surface area is 93.6 Å². The van der Waals surface area contributed by atoms with Gasteiger partial charge in [0.15, 0.2) is 0 Å². The van der Waals surface area contributed by atoms with E-state index in [2.05, 4.69) is 0 Å². The third-order valence-corrected chi connectivity index (χ3v) is 2.30. The van der Waals surface area contributed by atoms with Gasteiger partial charge in [0.1, 0.15) is 6.29 Å². The van der Waals surface area contributed by atoms with Crippen molar-refractivity contribution in [3.8, 4) is 0 Å². The summed E-state index contributed by atoms with van der Waals surface area (Å²) in [5.41, 5.74) is 0.673. The summed E-state index contributed by atoms with van der Waals surface area (Å²) in [5, 5.41) is 0.598. The third kappa shape index (κ3) is 2.80. The minimum atomic E-state index is -0.469. The number of anilines is 1. The Kier molecular flexibility index (Phi) is 3.86. The predicted molar refractivity (Wildman–Crippen MR) is 60.1 cm³/mol. The van der Waals surface area contributed by atoms with Crippen LogP contribution in [-0.2, 0) is 9.59 Å². The maximum Gasteiger partial charge on any atom is 0.224 e. The molecule has 1 amide bonds. The molecule has 0 aliphatic rings. The number of benzene rings is 1. The van der Waals surface area contributed by atoms with Gasteiger partial charge in [-0.3, -0.25) is 4.79 Å². The molecule has 0 bridgehead atoms. The number of aldehydes is 1. The highest BCUT2D eigenvalue weighted by Crippen LogP contribution is 2.19. The Bertz CT molecular complexity index is 361. The zero-order chi connectivity index (χ0) is 11.4. The van der Waals surface area contributed by atoms with E-state index < -0.39 is 6.04 Å². The summed E-state index contributed by atoms with van der Waals surface area (Å²) in [5.74, 6) is -0.170. The van der Waals surface area contributed by atoms with Gasteiger partial charge in [0.05, 0.1) is 6.04 Å². The lowest BCUT2D eigenvalue weighted by molar-refractivity contribution is -0.119. The molecule has 0 saturated carbocycles. The second-order valence-electron chi connectivity index (χ2n) is 3.24.